The summed E-state index contributed by atoms with van der Waals surface area (Å²) in [7, 11) is 1.99. The minimum Gasteiger partial charge on any atom is -0.339 e. The Morgan fingerprint density at radius 3 is 2.23 bits per heavy atom. The third-order valence-corrected chi connectivity index (χ3v) is 9.25. The zero-order chi connectivity index (χ0) is 34.1. The van der Waals surface area contributed by atoms with Crippen LogP contribution >= 0.6 is 0 Å². The molecule has 12 nitrogen and oxygen atoms in total. The van der Waals surface area contributed by atoms with E-state index in [2.05, 4.69) is 31.3 Å². The summed E-state index contributed by atoms with van der Waals surface area (Å²) in [5.41, 5.74) is 0.837. The van der Waals surface area contributed by atoms with E-state index in [1.807, 2.05) is 27.8 Å². The molecule has 2 fully saturated rings. The number of hydrogen-bond donors (Lipinski definition) is 4. The number of amides is 5. The molecule has 1 saturated carbocycles. The molecular weight excluding hydrogens is 603 g/mol. The highest BCUT2D eigenvalue weighted by Crippen LogP contribution is 2.29. The molecule has 1 aliphatic carbocycles. The Kier molecular flexibility index (Phi) is 12.7. The molecular formula is C34H51FN8O4. The highest BCUT2D eigenvalue weighted by molar-refractivity contribution is 6.00. The number of benzene rings is 1. The number of nitrogens with zero attached hydrogens (tertiary/aromatic N) is 4. The number of piperazine rings is 1. The molecule has 2 aromatic rings. The highest BCUT2D eigenvalue weighted by Gasteiger charge is 2.35. The number of anilines is 1. The zero-order valence-electron chi connectivity index (χ0n) is 28.4. The van der Waals surface area contributed by atoms with E-state index in [1.54, 1.807) is 34.8 Å². The van der Waals surface area contributed by atoms with E-state index >= 15 is 4.39 Å². The van der Waals surface area contributed by atoms with Gasteiger partial charge in [-0.15, -0.1) is 0 Å². The van der Waals surface area contributed by atoms with E-state index in [-0.39, 0.29) is 23.6 Å². The monoisotopic (exact) mass is 654 g/mol. The van der Waals surface area contributed by atoms with Gasteiger partial charge < -0.3 is 31.1 Å². The van der Waals surface area contributed by atoms with Crippen LogP contribution in [0.4, 0.5) is 14.9 Å². The van der Waals surface area contributed by atoms with Gasteiger partial charge in [-0.3, -0.25) is 19.1 Å². The lowest BCUT2D eigenvalue weighted by atomic mass is 9.90. The van der Waals surface area contributed by atoms with Gasteiger partial charge in [0.2, 0.25) is 11.8 Å². The molecule has 1 aromatic heterocycles. The van der Waals surface area contributed by atoms with Crippen LogP contribution in [0.5, 0.6) is 0 Å². The van der Waals surface area contributed by atoms with E-state index in [1.165, 1.54) is 12.1 Å². The molecule has 3 unspecified atom stereocenters. The van der Waals surface area contributed by atoms with Crippen LogP contribution in [-0.4, -0.2) is 94.7 Å². The average molecular weight is 655 g/mol. The quantitative estimate of drug-likeness (QED) is 0.273. The van der Waals surface area contributed by atoms with Gasteiger partial charge in [-0.25, -0.2) is 9.18 Å². The van der Waals surface area contributed by atoms with Crippen LogP contribution in [0.2, 0.25) is 0 Å². The number of likely N-dealkylation sites (N-methyl/N-ethyl adjacent to an activating group) is 1. The topological polar surface area (TPSA) is 141 Å². The van der Waals surface area contributed by atoms with E-state index in [9.17, 15) is 19.2 Å². The summed E-state index contributed by atoms with van der Waals surface area (Å²) in [6.45, 7) is 10.3. The summed E-state index contributed by atoms with van der Waals surface area (Å²) in [6.07, 6.45) is 7.16. The maximum absolute atomic E-state index is 15.7. The Hall–Kier alpha value is -4.00. The summed E-state index contributed by atoms with van der Waals surface area (Å²) >= 11 is 0. The van der Waals surface area contributed by atoms with Crippen molar-refractivity contribution in [3.8, 4) is 0 Å². The van der Waals surface area contributed by atoms with Gasteiger partial charge in [0.25, 0.3) is 5.91 Å². The number of carbonyl (C=O) groups excluding carboxylic acids is 4. The minimum absolute atomic E-state index is 0.0233. The molecule has 4 N–H and O–H groups in total. The van der Waals surface area contributed by atoms with Crippen LogP contribution in [0.3, 0.4) is 0 Å². The van der Waals surface area contributed by atoms with Gasteiger partial charge in [-0.1, -0.05) is 38.7 Å². The second-order valence-electron chi connectivity index (χ2n) is 13.1. The Balaban J connectivity index is 1.53. The Morgan fingerprint density at radius 1 is 0.936 bits per heavy atom. The molecule has 0 spiro atoms. The fraction of sp³-hybridized carbons (Fsp3) is 0.618. The van der Waals surface area contributed by atoms with Gasteiger partial charge in [-0.05, 0) is 70.3 Å². The maximum atomic E-state index is 15.7. The lowest BCUT2D eigenvalue weighted by Crippen LogP contribution is -2.57. The molecule has 13 heteroatoms. The molecule has 0 bridgehead atoms. The molecule has 258 valence electrons. The molecule has 1 aliphatic heterocycles. The molecule has 1 aromatic carbocycles. The number of aryl methyl sites for hydroxylation is 1. The van der Waals surface area contributed by atoms with Gasteiger partial charge >= 0.3 is 6.03 Å². The molecule has 47 heavy (non-hydrogen) atoms. The molecule has 2 heterocycles. The van der Waals surface area contributed by atoms with Gasteiger partial charge in [-0.2, -0.15) is 5.10 Å². The lowest BCUT2D eigenvalue weighted by molar-refractivity contribution is -0.135. The van der Waals surface area contributed by atoms with Crippen molar-refractivity contribution in [3.05, 3.63) is 47.5 Å². The van der Waals surface area contributed by atoms with Crippen LogP contribution in [-0.2, 0) is 16.1 Å². The number of rotatable bonds is 11. The zero-order valence-corrected chi connectivity index (χ0v) is 28.4. The predicted molar refractivity (Wildman–Crippen MR) is 178 cm³/mol. The number of urea groups is 1. The van der Waals surface area contributed by atoms with Crippen LogP contribution in [0, 0.1) is 11.7 Å². The van der Waals surface area contributed by atoms with Crippen molar-refractivity contribution in [2.75, 3.05) is 38.5 Å². The van der Waals surface area contributed by atoms with Crippen LogP contribution in [0.15, 0.2) is 30.5 Å². The van der Waals surface area contributed by atoms with Crippen molar-refractivity contribution in [2.45, 2.75) is 96.8 Å². The van der Waals surface area contributed by atoms with Gasteiger partial charge in [0.15, 0.2) is 0 Å². The van der Waals surface area contributed by atoms with Crippen molar-refractivity contribution >= 4 is 29.4 Å². The molecule has 1 saturated heterocycles. The Morgan fingerprint density at radius 2 is 1.62 bits per heavy atom. The van der Waals surface area contributed by atoms with Gasteiger partial charge in [0.1, 0.15) is 23.6 Å². The third-order valence-electron chi connectivity index (χ3n) is 9.25. The van der Waals surface area contributed by atoms with Crippen LogP contribution in [0.25, 0.3) is 0 Å². The van der Waals surface area contributed by atoms with Crippen LogP contribution < -0.4 is 21.3 Å². The lowest BCUT2D eigenvalue weighted by Gasteiger charge is -2.36. The van der Waals surface area contributed by atoms with E-state index in [4.69, 9.17) is 0 Å². The summed E-state index contributed by atoms with van der Waals surface area (Å²) in [5.74, 6) is -2.44. The van der Waals surface area contributed by atoms with E-state index in [0.717, 1.165) is 51.6 Å². The predicted octanol–water partition coefficient (Wildman–Crippen LogP) is 3.70. The second kappa shape index (κ2) is 16.7. The van der Waals surface area contributed by atoms with E-state index in [0.29, 0.717) is 30.9 Å². The molecule has 2 aliphatic rings. The van der Waals surface area contributed by atoms with E-state index < -0.39 is 41.7 Å². The molecule has 0 radical (unpaired) electrons. The van der Waals surface area contributed by atoms with Crippen LogP contribution in [0.1, 0.15) is 88.2 Å². The number of aromatic nitrogens is 2. The first-order chi connectivity index (χ1) is 22.5. The number of hydrogen-bond acceptors (Lipinski definition) is 6. The maximum Gasteiger partial charge on any atom is 0.315 e. The van der Waals surface area contributed by atoms with Crippen molar-refractivity contribution in [1.29, 1.82) is 0 Å². The second-order valence-corrected chi connectivity index (χ2v) is 13.1. The first-order valence-corrected chi connectivity index (χ1v) is 17.0. The van der Waals surface area contributed by atoms with Crippen molar-refractivity contribution in [3.63, 3.8) is 0 Å². The Bertz CT molecular complexity index is 1380. The smallest absolute Gasteiger partial charge is 0.315 e. The number of halogens is 1. The fourth-order valence-corrected chi connectivity index (χ4v) is 6.42. The SMILES string of the molecule is CCn1nccc1C(=O)NC(C(=O)Nc1ccc(C(C)C(NC(=O)NC(C)C)C(=O)N2CCN(C)CC2)cc1F)C1CCCCCC1. The third kappa shape index (κ3) is 9.52. The average Bonchev–Trinajstić information content (AvgIpc) is 3.37. The standard InChI is InChI=1S/C34H51FN8O4/c1-6-43-28(15-16-36-43)31(44)39-30(24-11-9-7-8-10-12-24)32(45)38-27-14-13-25(21-26(27)35)23(4)29(40-34(47)37-22(2)3)33(46)42-19-17-41(5)18-20-42/h13-16,21-24,29-30H,6-12,17-20H2,1-5H3,(H,38,45)(H,39,44)(H2,37,40,47). The van der Waals surface area contributed by atoms with Gasteiger partial charge in [0.05, 0.1) is 5.69 Å². The minimum atomic E-state index is -0.927. The van der Waals surface area contributed by atoms with Gasteiger partial charge in [0, 0.05) is 50.9 Å². The highest BCUT2D eigenvalue weighted by atomic mass is 19.1. The first kappa shape index (κ1) is 35.8. The summed E-state index contributed by atoms with van der Waals surface area (Å²) in [6, 6.07) is 3.66. The van der Waals surface area contributed by atoms with Crippen molar-refractivity contribution in [1.82, 2.24) is 35.5 Å². The number of carbonyl (C=O) groups is 4. The van der Waals surface area contributed by atoms with Crippen molar-refractivity contribution < 1.29 is 23.6 Å². The molecule has 5 amide bonds. The molecule has 4 rings (SSSR count). The van der Waals surface area contributed by atoms with Crippen molar-refractivity contribution in [2.24, 2.45) is 5.92 Å². The normalized spacial score (nSPS) is 18.1. The fourth-order valence-electron chi connectivity index (χ4n) is 6.42. The number of nitrogens with one attached hydrogen (secondary N) is 4. The Labute approximate surface area is 277 Å². The summed E-state index contributed by atoms with van der Waals surface area (Å²) in [5, 5.41) is 15.4. The molecule has 3 atom stereocenters. The summed E-state index contributed by atoms with van der Waals surface area (Å²) < 4.78 is 17.3. The summed E-state index contributed by atoms with van der Waals surface area (Å²) in [4.78, 5) is 57.3. The largest absolute Gasteiger partial charge is 0.339 e. The first-order valence-electron chi connectivity index (χ1n) is 17.0.